The van der Waals surface area contributed by atoms with Crippen LogP contribution in [0, 0.1) is 25.5 Å². The van der Waals surface area contributed by atoms with Crippen molar-refractivity contribution in [1.29, 1.82) is 0 Å². The third-order valence-electron chi connectivity index (χ3n) is 2.40. The second-order valence-corrected chi connectivity index (χ2v) is 3.83. The molecule has 0 aliphatic heterocycles. The molecule has 88 valence electrons. The first-order chi connectivity index (χ1) is 7.97. The molecule has 1 aromatic carbocycles. The number of hydrogen-bond donors (Lipinski definition) is 1. The van der Waals surface area contributed by atoms with E-state index < -0.39 is 11.6 Å². The Hall–Kier alpha value is -2.04. The number of rotatable bonds is 1. The van der Waals surface area contributed by atoms with Crippen LogP contribution in [-0.2, 0) is 0 Å². The molecule has 1 aromatic heterocycles. The van der Waals surface area contributed by atoms with Gasteiger partial charge in [-0.1, -0.05) is 0 Å². The molecule has 0 spiro atoms. The van der Waals surface area contributed by atoms with Crippen LogP contribution < -0.4 is 5.73 Å². The van der Waals surface area contributed by atoms with E-state index in [1.807, 2.05) is 0 Å². The first-order valence-corrected chi connectivity index (χ1v) is 5.04. The summed E-state index contributed by atoms with van der Waals surface area (Å²) in [4.78, 5) is 7.78. The Labute approximate surface area is 97.3 Å². The lowest BCUT2D eigenvalue weighted by molar-refractivity contribution is 0.594. The van der Waals surface area contributed by atoms with Crippen LogP contribution in [0.25, 0.3) is 11.3 Å². The van der Waals surface area contributed by atoms with Gasteiger partial charge in [-0.05, 0) is 37.6 Å². The number of aromatic nitrogens is 2. The first-order valence-electron chi connectivity index (χ1n) is 5.04. The Bertz CT molecular complexity index is 562. The van der Waals surface area contributed by atoms with Crippen molar-refractivity contribution in [2.24, 2.45) is 0 Å². The zero-order valence-corrected chi connectivity index (χ0v) is 9.46. The number of nitrogen functional groups attached to an aromatic ring is 1. The van der Waals surface area contributed by atoms with Crippen molar-refractivity contribution in [2.45, 2.75) is 13.8 Å². The molecule has 0 saturated heterocycles. The van der Waals surface area contributed by atoms with E-state index in [-0.39, 0.29) is 22.8 Å². The first kappa shape index (κ1) is 11.4. The summed E-state index contributed by atoms with van der Waals surface area (Å²) >= 11 is 0. The van der Waals surface area contributed by atoms with Crippen molar-refractivity contribution in [3.8, 4) is 11.3 Å². The van der Waals surface area contributed by atoms with Crippen LogP contribution >= 0.6 is 0 Å². The molecule has 0 aliphatic carbocycles. The van der Waals surface area contributed by atoms with Crippen molar-refractivity contribution < 1.29 is 8.78 Å². The second-order valence-electron chi connectivity index (χ2n) is 3.83. The maximum Gasteiger partial charge on any atom is 0.220 e. The number of nitrogens with two attached hydrogens (primary N) is 1. The summed E-state index contributed by atoms with van der Waals surface area (Å²) < 4.78 is 27.1. The molecule has 0 unspecified atom stereocenters. The highest BCUT2D eigenvalue weighted by Gasteiger charge is 2.11. The van der Waals surface area contributed by atoms with E-state index in [4.69, 9.17) is 5.73 Å². The van der Waals surface area contributed by atoms with Crippen LogP contribution in [0.15, 0.2) is 18.2 Å². The molecule has 0 aliphatic rings. The lowest BCUT2D eigenvalue weighted by Gasteiger charge is -2.06. The van der Waals surface area contributed by atoms with E-state index in [2.05, 4.69) is 9.97 Å². The van der Waals surface area contributed by atoms with Crippen molar-refractivity contribution in [3.63, 3.8) is 0 Å². The molecule has 0 amide bonds. The van der Waals surface area contributed by atoms with Gasteiger partial charge in [0.1, 0.15) is 11.6 Å². The topological polar surface area (TPSA) is 51.8 Å². The third-order valence-corrected chi connectivity index (χ3v) is 2.40. The van der Waals surface area contributed by atoms with Gasteiger partial charge in [-0.3, -0.25) is 0 Å². The zero-order valence-electron chi connectivity index (χ0n) is 9.46. The predicted molar refractivity (Wildman–Crippen MR) is 61.3 cm³/mol. The summed E-state index contributed by atoms with van der Waals surface area (Å²) in [6.45, 7) is 3.21. The van der Waals surface area contributed by atoms with Gasteiger partial charge in [0.15, 0.2) is 0 Å². The number of halogens is 2. The molecule has 2 N–H and O–H groups in total. The molecular formula is C12H11F2N3. The normalized spacial score (nSPS) is 10.6. The minimum atomic E-state index is -0.526. The number of benzene rings is 1. The maximum absolute atomic E-state index is 13.7. The van der Waals surface area contributed by atoms with Crippen molar-refractivity contribution >= 4 is 5.95 Å². The maximum atomic E-state index is 13.7. The fraction of sp³-hybridized carbons (Fsp3) is 0.167. The number of aryl methyl sites for hydroxylation is 2. The average Bonchev–Trinajstić information content (AvgIpc) is 2.22. The van der Waals surface area contributed by atoms with Gasteiger partial charge in [-0.25, -0.2) is 18.7 Å². The number of hydrogen-bond acceptors (Lipinski definition) is 3. The zero-order chi connectivity index (χ0) is 12.6. The van der Waals surface area contributed by atoms with Crippen LogP contribution in [0.5, 0.6) is 0 Å². The van der Waals surface area contributed by atoms with Gasteiger partial charge in [0.25, 0.3) is 0 Å². The van der Waals surface area contributed by atoms with Gasteiger partial charge < -0.3 is 5.73 Å². The molecule has 2 aromatic rings. The van der Waals surface area contributed by atoms with Gasteiger partial charge in [0.05, 0.1) is 5.69 Å². The predicted octanol–water partition coefficient (Wildman–Crippen LogP) is 2.62. The molecule has 1 heterocycles. The van der Waals surface area contributed by atoms with Crippen LogP contribution in [0.4, 0.5) is 14.7 Å². The van der Waals surface area contributed by atoms with Crippen LogP contribution in [0.3, 0.4) is 0 Å². The minimum absolute atomic E-state index is 0.0420. The van der Waals surface area contributed by atoms with Crippen molar-refractivity contribution in [3.05, 3.63) is 41.1 Å². The number of nitrogens with zero attached hydrogens (tertiary/aromatic N) is 2. The summed E-state index contributed by atoms with van der Waals surface area (Å²) in [5, 5.41) is 0. The van der Waals surface area contributed by atoms with E-state index in [9.17, 15) is 8.78 Å². The molecule has 0 radical (unpaired) electrons. The summed E-state index contributed by atoms with van der Waals surface area (Å²) in [5.74, 6) is -0.960. The van der Waals surface area contributed by atoms with Gasteiger partial charge in [-0.2, -0.15) is 0 Å². The standard InChI is InChI=1S/C12H11F2N3/c1-6-3-10(14)8(5-9(6)13)11-4-7(2)16-12(15)17-11/h3-5H,1-2H3,(H2,15,16,17). The second kappa shape index (κ2) is 4.08. The Balaban J connectivity index is 2.64. The van der Waals surface area contributed by atoms with E-state index in [1.54, 1.807) is 13.0 Å². The molecular weight excluding hydrogens is 224 g/mol. The third kappa shape index (κ3) is 2.22. The highest BCUT2D eigenvalue weighted by atomic mass is 19.1. The Morgan fingerprint density at radius 1 is 1.00 bits per heavy atom. The summed E-state index contributed by atoms with van der Waals surface area (Å²) in [6, 6.07) is 3.81. The quantitative estimate of drug-likeness (QED) is 0.826. The van der Waals surface area contributed by atoms with E-state index in [1.165, 1.54) is 6.92 Å². The van der Waals surface area contributed by atoms with Gasteiger partial charge in [0.2, 0.25) is 5.95 Å². The van der Waals surface area contributed by atoms with E-state index in [0.29, 0.717) is 5.69 Å². The monoisotopic (exact) mass is 235 g/mol. The SMILES string of the molecule is Cc1cc(-c2cc(F)c(C)cc2F)nc(N)n1. The lowest BCUT2D eigenvalue weighted by Crippen LogP contribution is -2.00. The molecule has 5 heteroatoms. The Kier molecular flexibility index (Phi) is 2.75. The molecule has 0 saturated carbocycles. The molecule has 17 heavy (non-hydrogen) atoms. The van der Waals surface area contributed by atoms with E-state index >= 15 is 0 Å². The smallest absolute Gasteiger partial charge is 0.220 e. The summed E-state index contributed by atoms with van der Waals surface area (Å²) in [7, 11) is 0. The Morgan fingerprint density at radius 3 is 2.35 bits per heavy atom. The van der Waals surface area contributed by atoms with E-state index in [0.717, 1.165) is 12.1 Å². The molecule has 2 rings (SSSR count). The molecule has 3 nitrogen and oxygen atoms in total. The largest absolute Gasteiger partial charge is 0.368 e. The summed E-state index contributed by atoms with van der Waals surface area (Å²) in [5.41, 5.74) is 6.71. The minimum Gasteiger partial charge on any atom is -0.368 e. The Morgan fingerprint density at radius 2 is 1.71 bits per heavy atom. The highest BCUT2D eigenvalue weighted by molar-refractivity contribution is 5.62. The van der Waals surface area contributed by atoms with Crippen molar-refractivity contribution in [2.75, 3.05) is 5.73 Å². The molecule has 0 bridgehead atoms. The van der Waals surface area contributed by atoms with Crippen LogP contribution in [-0.4, -0.2) is 9.97 Å². The van der Waals surface area contributed by atoms with Gasteiger partial charge in [-0.15, -0.1) is 0 Å². The van der Waals surface area contributed by atoms with Gasteiger partial charge in [0, 0.05) is 11.3 Å². The van der Waals surface area contributed by atoms with Gasteiger partial charge >= 0.3 is 0 Å². The highest BCUT2D eigenvalue weighted by Crippen LogP contribution is 2.24. The fourth-order valence-electron chi connectivity index (χ4n) is 1.57. The fourth-order valence-corrected chi connectivity index (χ4v) is 1.57. The number of anilines is 1. The summed E-state index contributed by atoms with van der Waals surface area (Å²) in [6.07, 6.45) is 0. The average molecular weight is 235 g/mol. The lowest BCUT2D eigenvalue weighted by atomic mass is 10.1. The molecule has 0 atom stereocenters. The van der Waals surface area contributed by atoms with Crippen LogP contribution in [0.2, 0.25) is 0 Å². The molecule has 0 fully saturated rings. The van der Waals surface area contributed by atoms with Crippen LogP contribution in [0.1, 0.15) is 11.3 Å². The van der Waals surface area contributed by atoms with Crippen molar-refractivity contribution in [1.82, 2.24) is 9.97 Å².